The highest BCUT2D eigenvalue weighted by molar-refractivity contribution is 6.56. The first-order valence-electron chi connectivity index (χ1n) is 3.87. The van der Waals surface area contributed by atoms with Crippen molar-refractivity contribution in [3.05, 3.63) is 46.5 Å². The summed E-state index contributed by atoms with van der Waals surface area (Å²) in [6, 6.07) is 8.73. The van der Waals surface area contributed by atoms with Gasteiger partial charge in [-0.25, -0.2) is 0 Å². The summed E-state index contributed by atoms with van der Waals surface area (Å²) in [5, 5.41) is -0.817. The molecule has 1 atom stereocenters. The molecular formula is C10H7Cl3O. The molecular weight excluding hydrogens is 242 g/mol. The SMILES string of the molecule is O=C(c1ccccc1)[C@H](Cl)C=C(Cl)Cl. The average molecular weight is 250 g/mol. The lowest BCUT2D eigenvalue weighted by Crippen LogP contribution is -2.11. The second kappa shape index (κ2) is 5.40. The van der Waals surface area contributed by atoms with E-state index in [1.165, 1.54) is 6.08 Å². The van der Waals surface area contributed by atoms with E-state index in [1.807, 2.05) is 6.07 Å². The number of rotatable bonds is 3. The molecule has 0 spiro atoms. The Kier molecular flexibility index (Phi) is 4.46. The fraction of sp³-hybridized carbons (Fsp3) is 0.100. The number of carbonyl (C=O) groups excluding carboxylic acids is 1. The molecule has 0 aliphatic rings. The highest BCUT2D eigenvalue weighted by Gasteiger charge is 2.14. The highest BCUT2D eigenvalue weighted by atomic mass is 35.5. The predicted octanol–water partition coefficient (Wildman–Crippen LogP) is 3.80. The van der Waals surface area contributed by atoms with Gasteiger partial charge >= 0.3 is 0 Å². The minimum atomic E-state index is -0.817. The van der Waals surface area contributed by atoms with Crippen molar-refractivity contribution in [3.63, 3.8) is 0 Å². The van der Waals surface area contributed by atoms with Crippen LogP contribution in [0.1, 0.15) is 10.4 Å². The molecule has 0 aromatic heterocycles. The Bertz CT molecular complexity index is 342. The molecule has 0 N–H and O–H groups in total. The summed E-state index contributed by atoms with van der Waals surface area (Å²) in [6.07, 6.45) is 1.29. The summed E-state index contributed by atoms with van der Waals surface area (Å²) in [6.45, 7) is 0. The van der Waals surface area contributed by atoms with Crippen LogP contribution in [-0.4, -0.2) is 11.2 Å². The first-order chi connectivity index (χ1) is 6.61. The molecule has 1 nitrogen and oxygen atoms in total. The van der Waals surface area contributed by atoms with Crippen molar-refractivity contribution in [3.8, 4) is 0 Å². The third kappa shape index (κ3) is 3.33. The third-order valence-electron chi connectivity index (χ3n) is 1.58. The minimum Gasteiger partial charge on any atom is -0.292 e. The first-order valence-corrected chi connectivity index (χ1v) is 5.06. The molecule has 1 aromatic rings. The lowest BCUT2D eigenvalue weighted by Gasteiger charge is -2.02. The molecule has 0 radical (unpaired) electrons. The molecule has 0 aliphatic heterocycles. The lowest BCUT2D eigenvalue weighted by molar-refractivity contribution is 0.0999. The van der Waals surface area contributed by atoms with Gasteiger partial charge in [-0.05, 0) is 6.08 Å². The fourth-order valence-electron chi connectivity index (χ4n) is 0.948. The molecule has 0 heterocycles. The number of carbonyl (C=O) groups is 1. The molecule has 0 aliphatic carbocycles. The molecule has 1 rings (SSSR count). The molecule has 0 fully saturated rings. The van der Waals surface area contributed by atoms with Gasteiger partial charge in [-0.2, -0.15) is 0 Å². The maximum Gasteiger partial charge on any atom is 0.184 e. The van der Waals surface area contributed by atoms with Crippen LogP contribution >= 0.6 is 34.8 Å². The zero-order valence-corrected chi connectivity index (χ0v) is 9.35. The van der Waals surface area contributed by atoms with Crippen LogP contribution in [-0.2, 0) is 0 Å². The summed E-state index contributed by atoms with van der Waals surface area (Å²) in [7, 11) is 0. The van der Waals surface area contributed by atoms with E-state index in [1.54, 1.807) is 24.3 Å². The van der Waals surface area contributed by atoms with Crippen LogP contribution in [0, 0.1) is 0 Å². The maximum absolute atomic E-state index is 11.6. The maximum atomic E-state index is 11.6. The summed E-state index contributed by atoms with van der Waals surface area (Å²) < 4.78 is -0.00530. The number of hydrogen-bond donors (Lipinski definition) is 0. The number of alkyl halides is 1. The van der Waals surface area contributed by atoms with E-state index in [9.17, 15) is 4.79 Å². The highest BCUT2D eigenvalue weighted by Crippen LogP contribution is 2.15. The Morgan fingerprint density at radius 3 is 2.29 bits per heavy atom. The van der Waals surface area contributed by atoms with Gasteiger partial charge in [0, 0.05) is 5.56 Å². The van der Waals surface area contributed by atoms with E-state index in [2.05, 4.69) is 0 Å². The van der Waals surface area contributed by atoms with Crippen LogP contribution in [0.3, 0.4) is 0 Å². The quantitative estimate of drug-likeness (QED) is 0.588. The standard InChI is InChI=1S/C10H7Cl3O/c11-8(6-9(12)13)10(14)7-4-2-1-3-5-7/h1-6,8H/t8-/m1/s1. The second-order valence-electron chi connectivity index (χ2n) is 2.59. The summed E-state index contributed by atoms with van der Waals surface area (Å²) in [5.74, 6) is -0.217. The molecule has 1 aromatic carbocycles. The van der Waals surface area contributed by atoms with Crippen LogP contribution < -0.4 is 0 Å². The zero-order chi connectivity index (χ0) is 10.6. The van der Waals surface area contributed by atoms with Crippen molar-refractivity contribution >= 4 is 40.6 Å². The van der Waals surface area contributed by atoms with Gasteiger partial charge < -0.3 is 0 Å². The monoisotopic (exact) mass is 248 g/mol. The van der Waals surface area contributed by atoms with Crippen LogP contribution in [0.15, 0.2) is 40.9 Å². The van der Waals surface area contributed by atoms with Gasteiger partial charge in [0.2, 0.25) is 0 Å². The minimum absolute atomic E-state index is 0.00530. The number of allylic oxidation sites excluding steroid dienone is 1. The van der Waals surface area contributed by atoms with E-state index < -0.39 is 5.38 Å². The summed E-state index contributed by atoms with van der Waals surface area (Å²) >= 11 is 16.6. The molecule has 0 amide bonds. The van der Waals surface area contributed by atoms with Crippen LogP contribution in [0.4, 0.5) is 0 Å². The predicted molar refractivity (Wildman–Crippen MR) is 60.2 cm³/mol. The fourth-order valence-corrected chi connectivity index (χ4v) is 1.58. The Morgan fingerprint density at radius 1 is 1.21 bits per heavy atom. The summed E-state index contributed by atoms with van der Waals surface area (Å²) in [4.78, 5) is 11.6. The molecule has 14 heavy (non-hydrogen) atoms. The van der Waals surface area contributed by atoms with E-state index in [0.717, 1.165) is 0 Å². The molecule has 0 saturated heterocycles. The van der Waals surface area contributed by atoms with Crippen LogP contribution in [0.25, 0.3) is 0 Å². The lowest BCUT2D eigenvalue weighted by atomic mass is 10.1. The Balaban J connectivity index is 2.82. The summed E-state index contributed by atoms with van der Waals surface area (Å²) in [5.41, 5.74) is 0.540. The molecule has 0 saturated carbocycles. The molecule has 74 valence electrons. The van der Waals surface area contributed by atoms with Crippen molar-refractivity contribution in [1.82, 2.24) is 0 Å². The average Bonchev–Trinajstić information content (AvgIpc) is 2.17. The van der Waals surface area contributed by atoms with E-state index in [-0.39, 0.29) is 10.3 Å². The van der Waals surface area contributed by atoms with Gasteiger partial charge in [-0.1, -0.05) is 53.5 Å². The molecule has 4 heteroatoms. The number of hydrogen-bond acceptors (Lipinski definition) is 1. The van der Waals surface area contributed by atoms with Gasteiger partial charge in [-0.3, -0.25) is 4.79 Å². The van der Waals surface area contributed by atoms with E-state index in [0.29, 0.717) is 5.56 Å². The molecule has 0 bridgehead atoms. The van der Waals surface area contributed by atoms with Crippen molar-refractivity contribution in [2.24, 2.45) is 0 Å². The Morgan fingerprint density at radius 2 is 1.79 bits per heavy atom. The van der Waals surface area contributed by atoms with Crippen LogP contribution in [0.2, 0.25) is 0 Å². The largest absolute Gasteiger partial charge is 0.292 e. The van der Waals surface area contributed by atoms with E-state index >= 15 is 0 Å². The normalized spacial score (nSPS) is 11.9. The number of ketones is 1. The van der Waals surface area contributed by atoms with Gasteiger partial charge in [0.05, 0.1) is 0 Å². The van der Waals surface area contributed by atoms with Gasteiger partial charge in [-0.15, -0.1) is 11.6 Å². The van der Waals surface area contributed by atoms with Crippen molar-refractivity contribution < 1.29 is 4.79 Å². The zero-order valence-electron chi connectivity index (χ0n) is 7.08. The molecule has 0 unspecified atom stereocenters. The van der Waals surface area contributed by atoms with Crippen molar-refractivity contribution in [1.29, 1.82) is 0 Å². The number of Topliss-reactive ketones (excluding diaryl/α,β-unsaturated/α-hetero) is 1. The second-order valence-corrected chi connectivity index (χ2v) is 4.07. The Labute approximate surface area is 97.3 Å². The van der Waals surface area contributed by atoms with Crippen molar-refractivity contribution in [2.45, 2.75) is 5.38 Å². The topological polar surface area (TPSA) is 17.1 Å². The van der Waals surface area contributed by atoms with Gasteiger partial charge in [0.25, 0.3) is 0 Å². The third-order valence-corrected chi connectivity index (χ3v) is 2.16. The first kappa shape index (κ1) is 11.6. The van der Waals surface area contributed by atoms with Crippen molar-refractivity contribution in [2.75, 3.05) is 0 Å². The Hall–Kier alpha value is -0.500. The number of halogens is 3. The smallest absolute Gasteiger partial charge is 0.184 e. The van der Waals surface area contributed by atoms with Gasteiger partial charge in [0.15, 0.2) is 5.78 Å². The van der Waals surface area contributed by atoms with E-state index in [4.69, 9.17) is 34.8 Å². The van der Waals surface area contributed by atoms with Gasteiger partial charge in [0.1, 0.15) is 9.87 Å². The van der Waals surface area contributed by atoms with Crippen LogP contribution in [0.5, 0.6) is 0 Å². The number of benzene rings is 1.